The van der Waals surface area contributed by atoms with E-state index in [9.17, 15) is 19.7 Å². The minimum Gasteiger partial charge on any atom is -0.478 e. The van der Waals surface area contributed by atoms with Gasteiger partial charge in [0.1, 0.15) is 0 Å². The number of ether oxygens (including phenoxy) is 1. The van der Waals surface area contributed by atoms with Gasteiger partial charge in [-0.25, -0.2) is 4.79 Å². The van der Waals surface area contributed by atoms with Gasteiger partial charge in [0.2, 0.25) is 0 Å². The highest BCUT2D eigenvalue weighted by atomic mass is 16.6. The van der Waals surface area contributed by atoms with Crippen LogP contribution in [0.4, 0.5) is 5.69 Å². The molecule has 8 nitrogen and oxygen atoms in total. The number of nitro benzene ring substituents is 1. The van der Waals surface area contributed by atoms with Gasteiger partial charge >= 0.3 is 5.97 Å². The molecule has 3 rings (SSSR count). The van der Waals surface area contributed by atoms with E-state index in [1.54, 1.807) is 4.90 Å². The molecule has 2 heterocycles. The van der Waals surface area contributed by atoms with Crippen LogP contribution in [0.3, 0.4) is 0 Å². The molecular weight excluding hydrogens is 304 g/mol. The van der Waals surface area contributed by atoms with Gasteiger partial charge in [-0.1, -0.05) is 0 Å². The first kappa shape index (κ1) is 15.4. The van der Waals surface area contributed by atoms with Crippen molar-refractivity contribution >= 4 is 17.6 Å². The molecule has 1 atom stereocenters. The number of nitrogens with zero attached hydrogens (tertiary/aromatic N) is 2. The van der Waals surface area contributed by atoms with Crippen LogP contribution in [0, 0.1) is 15.5 Å². The Kier molecular flexibility index (Phi) is 3.77. The first-order valence-corrected chi connectivity index (χ1v) is 7.30. The van der Waals surface area contributed by atoms with Gasteiger partial charge in [0.05, 0.1) is 17.1 Å². The van der Waals surface area contributed by atoms with Crippen LogP contribution in [0.25, 0.3) is 0 Å². The largest absolute Gasteiger partial charge is 0.478 e. The molecule has 2 aliphatic rings. The van der Waals surface area contributed by atoms with Crippen LogP contribution in [-0.2, 0) is 4.74 Å². The molecule has 2 fully saturated rings. The number of aromatic carboxylic acids is 1. The molecule has 0 radical (unpaired) electrons. The number of nitro groups is 1. The molecule has 1 amide bonds. The lowest BCUT2D eigenvalue weighted by molar-refractivity contribution is -0.384. The third-order valence-electron chi connectivity index (χ3n) is 4.53. The van der Waals surface area contributed by atoms with Crippen LogP contribution in [0.1, 0.15) is 33.6 Å². The maximum Gasteiger partial charge on any atom is 0.335 e. The molecule has 2 aliphatic heterocycles. The van der Waals surface area contributed by atoms with Crippen LogP contribution in [0.2, 0.25) is 0 Å². The molecule has 1 aromatic rings. The zero-order chi connectivity index (χ0) is 16.6. The summed E-state index contributed by atoms with van der Waals surface area (Å²) in [7, 11) is 0. The lowest BCUT2D eigenvalue weighted by atomic mass is 9.87. The van der Waals surface area contributed by atoms with Crippen molar-refractivity contribution in [1.29, 1.82) is 0 Å². The van der Waals surface area contributed by atoms with Gasteiger partial charge in [0, 0.05) is 42.8 Å². The van der Waals surface area contributed by atoms with Crippen LogP contribution in [0.15, 0.2) is 18.2 Å². The van der Waals surface area contributed by atoms with Gasteiger partial charge in [-0.2, -0.15) is 0 Å². The highest BCUT2D eigenvalue weighted by Crippen LogP contribution is 2.38. The maximum absolute atomic E-state index is 12.6. The van der Waals surface area contributed by atoms with Crippen molar-refractivity contribution in [3.05, 3.63) is 39.4 Å². The standard InChI is InChI=1S/C15H16N2O6/c18-13(16-3-1-15(8-16)2-4-23-9-15)10-5-11(14(19)20)7-12(6-10)17(21)22/h5-7H,1-4,8-9H2,(H,19,20). The maximum atomic E-state index is 12.6. The van der Waals surface area contributed by atoms with Crippen molar-refractivity contribution in [2.45, 2.75) is 12.8 Å². The fourth-order valence-corrected chi connectivity index (χ4v) is 3.23. The van der Waals surface area contributed by atoms with E-state index in [1.807, 2.05) is 0 Å². The molecule has 1 aromatic carbocycles. The summed E-state index contributed by atoms with van der Waals surface area (Å²) in [5.41, 5.74) is -0.647. The van der Waals surface area contributed by atoms with Crippen molar-refractivity contribution in [1.82, 2.24) is 4.90 Å². The highest BCUT2D eigenvalue weighted by Gasteiger charge is 2.43. The molecule has 8 heteroatoms. The molecule has 0 saturated carbocycles. The second-order valence-electron chi connectivity index (χ2n) is 6.11. The number of carbonyl (C=O) groups excluding carboxylic acids is 1. The first-order chi connectivity index (χ1) is 10.9. The van der Waals surface area contributed by atoms with Crippen LogP contribution >= 0.6 is 0 Å². The number of carboxylic acids is 1. The number of carbonyl (C=O) groups is 2. The Labute approximate surface area is 131 Å². The number of carboxylic acid groups (broad SMARTS) is 1. The van der Waals surface area contributed by atoms with Crippen molar-refractivity contribution in [3.63, 3.8) is 0 Å². The third kappa shape index (κ3) is 2.89. The molecule has 0 aliphatic carbocycles. The summed E-state index contributed by atoms with van der Waals surface area (Å²) in [5.74, 6) is -1.68. The smallest absolute Gasteiger partial charge is 0.335 e. The summed E-state index contributed by atoms with van der Waals surface area (Å²) in [4.78, 5) is 35.6. The lowest BCUT2D eigenvalue weighted by Gasteiger charge is -2.22. The predicted octanol–water partition coefficient (Wildman–Crippen LogP) is 1.55. The fraction of sp³-hybridized carbons (Fsp3) is 0.467. The van der Waals surface area contributed by atoms with E-state index in [-0.39, 0.29) is 22.4 Å². The SMILES string of the molecule is O=C(O)c1cc(C(=O)N2CCC3(CCOC3)C2)cc([N+](=O)[O-])c1. The summed E-state index contributed by atoms with van der Waals surface area (Å²) in [5, 5.41) is 20.0. The molecule has 0 aromatic heterocycles. The number of rotatable bonds is 3. The van der Waals surface area contributed by atoms with E-state index in [0.29, 0.717) is 26.3 Å². The van der Waals surface area contributed by atoms with Crippen molar-refractivity contribution in [2.24, 2.45) is 5.41 Å². The molecule has 1 unspecified atom stereocenters. The van der Waals surface area contributed by atoms with Crippen molar-refractivity contribution in [3.8, 4) is 0 Å². The van der Waals surface area contributed by atoms with Crippen LogP contribution in [-0.4, -0.2) is 53.1 Å². The molecule has 122 valence electrons. The first-order valence-electron chi connectivity index (χ1n) is 7.30. The van der Waals surface area contributed by atoms with Gasteiger partial charge in [-0.15, -0.1) is 0 Å². The number of hydrogen-bond donors (Lipinski definition) is 1. The minimum absolute atomic E-state index is 0.0218. The minimum atomic E-state index is -1.30. The molecule has 2 saturated heterocycles. The Balaban J connectivity index is 1.87. The van der Waals surface area contributed by atoms with Gasteiger partial charge < -0.3 is 14.7 Å². The monoisotopic (exact) mass is 320 g/mol. The van der Waals surface area contributed by atoms with E-state index < -0.39 is 16.6 Å². The average molecular weight is 320 g/mol. The van der Waals surface area contributed by atoms with Gasteiger partial charge in [-0.05, 0) is 18.9 Å². The lowest BCUT2D eigenvalue weighted by Crippen LogP contribution is -2.32. The summed E-state index contributed by atoms with van der Waals surface area (Å²) in [6.07, 6.45) is 1.73. The number of hydrogen-bond acceptors (Lipinski definition) is 5. The fourth-order valence-electron chi connectivity index (χ4n) is 3.23. The van der Waals surface area contributed by atoms with E-state index in [4.69, 9.17) is 9.84 Å². The quantitative estimate of drug-likeness (QED) is 0.668. The number of likely N-dealkylation sites (tertiary alicyclic amines) is 1. The summed E-state index contributed by atoms with van der Waals surface area (Å²) < 4.78 is 5.41. The van der Waals surface area contributed by atoms with Crippen LogP contribution in [0.5, 0.6) is 0 Å². The topological polar surface area (TPSA) is 110 Å². The zero-order valence-corrected chi connectivity index (χ0v) is 12.4. The number of amides is 1. The molecule has 1 spiro atoms. The van der Waals surface area contributed by atoms with Crippen molar-refractivity contribution in [2.75, 3.05) is 26.3 Å². The van der Waals surface area contributed by atoms with Gasteiger partial charge in [-0.3, -0.25) is 14.9 Å². The Morgan fingerprint density at radius 3 is 2.61 bits per heavy atom. The van der Waals surface area contributed by atoms with Crippen LogP contribution < -0.4 is 0 Å². The van der Waals surface area contributed by atoms with E-state index in [1.165, 1.54) is 6.07 Å². The third-order valence-corrected chi connectivity index (χ3v) is 4.53. The molecular formula is C15H16N2O6. The van der Waals surface area contributed by atoms with E-state index in [0.717, 1.165) is 25.0 Å². The Bertz CT molecular complexity index is 648. The highest BCUT2D eigenvalue weighted by molar-refractivity contribution is 5.98. The van der Waals surface area contributed by atoms with Crippen molar-refractivity contribution < 1.29 is 24.4 Å². The Hall–Kier alpha value is -2.48. The zero-order valence-electron chi connectivity index (χ0n) is 12.4. The number of non-ortho nitro benzene ring substituents is 1. The van der Waals surface area contributed by atoms with Gasteiger partial charge in [0.15, 0.2) is 0 Å². The van der Waals surface area contributed by atoms with E-state index in [2.05, 4.69) is 0 Å². The second-order valence-corrected chi connectivity index (χ2v) is 6.11. The molecule has 23 heavy (non-hydrogen) atoms. The summed E-state index contributed by atoms with van der Waals surface area (Å²) in [6, 6.07) is 3.27. The normalized spacial score (nSPS) is 23.4. The Morgan fingerprint density at radius 2 is 2.00 bits per heavy atom. The second kappa shape index (κ2) is 5.62. The summed E-state index contributed by atoms with van der Waals surface area (Å²) in [6.45, 7) is 2.39. The summed E-state index contributed by atoms with van der Waals surface area (Å²) >= 11 is 0. The van der Waals surface area contributed by atoms with Gasteiger partial charge in [0.25, 0.3) is 11.6 Å². The predicted molar refractivity (Wildman–Crippen MR) is 78.4 cm³/mol. The average Bonchev–Trinajstić information content (AvgIpc) is 3.16. The number of benzene rings is 1. The Morgan fingerprint density at radius 1 is 1.26 bits per heavy atom. The molecule has 0 bridgehead atoms. The van der Waals surface area contributed by atoms with E-state index >= 15 is 0 Å². The molecule has 1 N–H and O–H groups in total.